The van der Waals surface area contributed by atoms with Crippen LogP contribution in [0.5, 0.6) is 0 Å². The summed E-state index contributed by atoms with van der Waals surface area (Å²) in [6, 6.07) is 11.0. The number of carbonyl (C=O) groups excluding carboxylic acids is 2. The predicted octanol–water partition coefficient (Wildman–Crippen LogP) is 4.49. The van der Waals surface area contributed by atoms with E-state index in [0.29, 0.717) is 46.2 Å². The molecule has 0 bridgehead atoms. The summed E-state index contributed by atoms with van der Waals surface area (Å²) in [6.07, 6.45) is 5.42. The van der Waals surface area contributed by atoms with Gasteiger partial charge in [-0.25, -0.2) is 4.99 Å². The van der Waals surface area contributed by atoms with Crippen LogP contribution in [0, 0.1) is 0 Å². The molecule has 0 saturated carbocycles. The molecule has 38 heavy (non-hydrogen) atoms. The molecule has 0 atom stereocenters. The van der Waals surface area contributed by atoms with E-state index in [2.05, 4.69) is 10.3 Å². The van der Waals surface area contributed by atoms with Crippen molar-refractivity contribution >= 4 is 51.8 Å². The summed E-state index contributed by atoms with van der Waals surface area (Å²) < 4.78 is 1.38. The Morgan fingerprint density at radius 3 is 2.53 bits per heavy atom. The summed E-state index contributed by atoms with van der Waals surface area (Å²) in [4.78, 5) is 44.3. The Hall–Kier alpha value is -3.91. The van der Waals surface area contributed by atoms with E-state index in [1.807, 2.05) is 49.1 Å². The second-order valence-electron chi connectivity index (χ2n) is 9.36. The lowest BCUT2D eigenvalue weighted by Crippen LogP contribution is -2.34. The Balaban J connectivity index is 1.73. The van der Waals surface area contributed by atoms with E-state index in [4.69, 9.17) is 17.3 Å². The number of likely N-dealkylation sites (N-methyl/N-ethyl adjacent to an activating group) is 1. The zero-order valence-electron chi connectivity index (χ0n) is 21.9. The smallest absolute Gasteiger partial charge is 0.258 e. The third kappa shape index (κ3) is 5.65. The number of hydrogen-bond acceptors (Lipinski definition) is 5. The molecule has 3 aromatic rings. The second-order valence-corrected chi connectivity index (χ2v) is 9.76. The number of nitrogens with one attached hydrogen (secondary N) is 1. The van der Waals surface area contributed by atoms with E-state index in [1.54, 1.807) is 18.3 Å². The maximum atomic E-state index is 13.3. The molecule has 1 aliphatic rings. The van der Waals surface area contributed by atoms with E-state index >= 15 is 0 Å². The lowest BCUT2D eigenvalue weighted by Gasteiger charge is -2.22. The predicted molar refractivity (Wildman–Crippen MR) is 154 cm³/mol. The van der Waals surface area contributed by atoms with Crippen molar-refractivity contribution in [3.05, 3.63) is 69.1 Å². The standard InChI is InChI=1S/C29H32ClN5O3/c1-4-9-34(10-5-2)28(37)21-13-23-24(30)14-20(15-25(23)33-26(31)16-21)18-6-7-22-19(12-18)8-11-35(29(22)38)17-27(36)32-3/h6-8,11-15H,4-5,9-10,16-17H2,1-3H3,(H2,31,33)(H,32,36). The van der Waals surface area contributed by atoms with Gasteiger partial charge in [0.15, 0.2) is 0 Å². The van der Waals surface area contributed by atoms with Crippen molar-refractivity contribution in [2.24, 2.45) is 10.7 Å². The van der Waals surface area contributed by atoms with Gasteiger partial charge in [-0.05, 0) is 65.8 Å². The lowest BCUT2D eigenvalue weighted by atomic mass is 9.98. The number of nitrogens with two attached hydrogens (primary N) is 1. The van der Waals surface area contributed by atoms with Crippen LogP contribution in [0.3, 0.4) is 0 Å². The normalized spacial score (nSPS) is 12.8. The molecule has 0 spiro atoms. The van der Waals surface area contributed by atoms with Gasteiger partial charge in [-0.15, -0.1) is 0 Å². The number of nitrogens with zero attached hydrogens (tertiary/aromatic N) is 3. The Kier molecular flexibility index (Phi) is 8.32. The number of fused-ring (bicyclic) bond motifs is 2. The fraction of sp³-hybridized carbons (Fsp3) is 0.310. The zero-order chi connectivity index (χ0) is 27.4. The molecule has 2 aromatic carbocycles. The highest BCUT2D eigenvalue weighted by molar-refractivity contribution is 6.33. The highest BCUT2D eigenvalue weighted by atomic mass is 35.5. The molecule has 8 nitrogen and oxygen atoms in total. The van der Waals surface area contributed by atoms with Crippen LogP contribution in [0.2, 0.25) is 5.02 Å². The first-order chi connectivity index (χ1) is 18.2. The summed E-state index contributed by atoms with van der Waals surface area (Å²) >= 11 is 6.75. The van der Waals surface area contributed by atoms with Gasteiger partial charge >= 0.3 is 0 Å². The number of pyridine rings is 1. The maximum Gasteiger partial charge on any atom is 0.258 e. The highest BCUT2D eigenvalue weighted by Gasteiger charge is 2.22. The molecule has 0 aliphatic carbocycles. The number of aliphatic imine (C=N–C) groups is 1. The third-order valence-corrected chi connectivity index (χ3v) is 6.83. The van der Waals surface area contributed by atoms with E-state index in [1.165, 1.54) is 11.6 Å². The molecule has 1 aliphatic heterocycles. The van der Waals surface area contributed by atoms with Crippen LogP contribution in [0.4, 0.5) is 5.69 Å². The van der Waals surface area contributed by atoms with Crippen molar-refractivity contribution < 1.29 is 9.59 Å². The van der Waals surface area contributed by atoms with Crippen LogP contribution in [-0.2, 0) is 16.1 Å². The lowest BCUT2D eigenvalue weighted by molar-refractivity contribution is -0.127. The number of carbonyl (C=O) groups is 2. The van der Waals surface area contributed by atoms with Crippen LogP contribution >= 0.6 is 11.6 Å². The topological polar surface area (TPSA) is 110 Å². The van der Waals surface area contributed by atoms with Crippen molar-refractivity contribution in [3.63, 3.8) is 0 Å². The summed E-state index contributed by atoms with van der Waals surface area (Å²) in [5.74, 6) is 0.0565. The van der Waals surface area contributed by atoms with Gasteiger partial charge in [0, 0.05) is 49.3 Å². The minimum absolute atomic E-state index is 0.0421. The number of halogens is 1. The fourth-order valence-electron chi connectivity index (χ4n) is 4.64. The van der Waals surface area contributed by atoms with E-state index in [-0.39, 0.29) is 30.3 Å². The Bertz CT molecular complexity index is 1520. The van der Waals surface area contributed by atoms with Crippen molar-refractivity contribution in [1.82, 2.24) is 14.8 Å². The van der Waals surface area contributed by atoms with Gasteiger partial charge in [-0.2, -0.15) is 0 Å². The van der Waals surface area contributed by atoms with Crippen LogP contribution in [0.15, 0.2) is 58.0 Å². The van der Waals surface area contributed by atoms with Gasteiger partial charge in [0.2, 0.25) is 11.8 Å². The number of hydrogen-bond donors (Lipinski definition) is 2. The van der Waals surface area contributed by atoms with Gasteiger partial charge in [-0.3, -0.25) is 14.4 Å². The van der Waals surface area contributed by atoms with Crippen LogP contribution in [0.25, 0.3) is 28.0 Å². The molecule has 198 valence electrons. The molecule has 2 heterocycles. The average Bonchev–Trinajstić information content (AvgIpc) is 3.07. The SMILES string of the molecule is CCCN(CCC)C(=O)C1=Cc2c(Cl)cc(-c3ccc4c(=O)n(CC(=O)NC)ccc4c3)cc2N=C(N)C1. The van der Waals surface area contributed by atoms with Crippen molar-refractivity contribution in [2.75, 3.05) is 20.1 Å². The zero-order valence-corrected chi connectivity index (χ0v) is 22.6. The number of aromatic nitrogens is 1. The number of rotatable bonds is 8. The average molecular weight is 534 g/mol. The maximum absolute atomic E-state index is 13.3. The van der Waals surface area contributed by atoms with Gasteiger partial charge in [0.05, 0.1) is 10.7 Å². The van der Waals surface area contributed by atoms with Crippen molar-refractivity contribution in [3.8, 4) is 11.1 Å². The monoisotopic (exact) mass is 533 g/mol. The molecule has 0 saturated heterocycles. The molecule has 2 amide bonds. The fourth-order valence-corrected chi connectivity index (χ4v) is 4.91. The Morgan fingerprint density at radius 2 is 1.84 bits per heavy atom. The van der Waals surface area contributed by atoms with Crippen molar-refractivity contribution in [1.29, 1.82) is 0 Å². The highest BCUT2D eigenvalue weighted by Crippen LogP contribution is 2.37. The first-order valence-electron chi connectivity index (χ1n) is 12.8. The Morgan fingerprint density at radius 1 is 1.11 bits per heavy atom. The molecule has 4 rings (SSSR count). The minimum Gasteiger partial charge on any atom is -0.387 e. The molecule has 0 fully saturated rings. The molecule has 0 radical (unpaired) electrons. The van der Waals surface area contributed by atoms with Gasteiger partial charge in [0.25, 0.3) is 5.56 Å². The summed E-state index contributed by atoms with van der Waals surface area (Å²) in [5, 5.41) is 4.24. The van der Waals surface area contributed by atoms with Crippen LogP contribution in [0.1, 0.15) is 38.7 Å². The number of amidine groups is 1. The molecular weight excluding hydrogens is 502 g/mol. The molecule has 1 aromatic heterocycles. The first-order valence-corrected chi connectivity index (χ1v) is 13.1. The quantitative estimate of drug-likeness (QED) is 0.444. The third-order valence-electron chi connectivity index (χ3n) is 6.51. The molecule has 3 N–H and O–H groups in total. The second kappa shape index (κ2) is 11.6. The summed E-state index contributed by atoms with van der Waals surface area (Å²) in [5.41, 5.74) is 9.48. The Labute approximate surface area is 226 Å². The van der Waals surface area contributed by atoms with Gasteiger partial charge in [-0.1, -0.05) is 31.5 Å². The van der Waals surface area contributed by atoms with E-state index < -0.39 is 0 Å². The van der Waals surface area contributed by atoms with Crippen LogP contribution in [-0.4, -0.2) is 47.3 Å². The number of benzene rings is 2. The van der Waals surface area contributed by atoms with Gasteiger partial charge in [0.1, 0.15) is 12.4 Å². The van der Waals surface area contributed by atoms with E-state index in [0.717, 1.165) is 29.4 Å². The van der Waals surface area contributed by atoms with E-state index in [9.17, 15) is 14.4 Å². The van der Waals surface area contributed by atoms with Crippen molar-refractivity contribution in [2.45, 2.75) is 39.7 Å². The molecule has 0 unspecified atom stereocenters. The van der Waals surface area contributed by atoms with Crippen LogP contribution < -0.4 is 16.6 Å². The number of amides is 2. The first kappa shape index (κ1) is 27.1. The van der Waals surface area contributed by atoms with Gasteiger partial charge < -0.3 is 20.5 Å². The summed E-state index contributed by atoms with van der Waals surface area (Å²) in [7, 11) is 1.53. The minimum atomic E-state index is -0.246. The molecule has 9 heteroatoms. The molecular formula is C29H32ClN5O3. The largest absolute Gasteiger partial charge is 0.387 e. The summed E-state index contributed by atoms with van der Waals surface area (Å²) in [6.45, 7) is 5.42.